The van der Waals surface area contributed by atoms with Crippen molar-refractivity contribution in [3.8, 4) is 0 Å². The Bertz CT molecular complexity index is 577. The Labute approximate surface area is 149 Å². The second-order valence-electron chi connectivity index (χ2n) is 7.17. The average molecular weight is 345 g/mol. The van der Waals surface area contributed by atoms with Crippen molar-refractivity contribution >= 4 is 5.91 Å². The molecule has 0 aromatic carbocycles. The van der Waals surface area contributed by atoms with Gasteiger partial charge in [0.15, 0.2) is 0 Å². The van der Waals surface area contributed by atoms with E-state index in [0.29, 0.717) is 18.7 Å². The summed E-state index contributed by atoms with van der Waals surface area (Å²) in [4.78, 5) is 21.3. The molecule has 4 rings (SSSR count). The summed E-state index contributed by atoms with van der Waals surface area (Å²) in [6.07, 6.45) is 8.00. The maximum Gasteiger partial charge on any atom is 0.254 e. The molecule has 0 unspecified atom stereocenters. The Morgan fingerprint density at radius 3 is 2.80 bits per heavy atom. The molecule has 25 heavy (non-hydrogen) atoms. The summed E-state index contributed by atoms with van der Waals surface area (Å²) in [6, 6.07) is 3.70. The van der Waals surface area contributed by atoms with E-state index in [-0.39, 0.29) is 24.2 Å². The molecule has 0 radical (unpaired) electrons. The third kappa shape index (κ3) is 3.71. The van der Waals surface area contributed by atoms with E-state index < -0.39 is 0 Å². The van der Waals surface area contributed by atoms with Crippen molar-refractivity contribution in [1.82, 2.24) is 14.8 Å². The van der Waals surface area contributed by atoms with E-state index in [4.69, 9.17) is 9.47 Å². The fraction of sp³-hybridized carbons (Fsp3) is 0.684. The summed E-state index contributed by atoms with van der Waals surface area (Å²) in [5, 5.41) is 0. The highest BCUT2D eigenvalue weighted by Crippen LogP contribution is 2.33. The molecular formula is C19H27N3O3. The van der Waals surface area contributed by atoms with Gasteiger partial charge in [0.1, 0.15) is 6.10 Å². The topological polar surface area (TPSA) is 54.9 Å². The molecule has 3 fully saturated rings. The molecule has 3 heterocycles. The number of likely N-dealkylation sites (tertiary alicyclic amines) is 1. The number of morpholine rings is 1. The molecule has 1 amide bonds. The van der Waals surface area contributed by atoms with E-state index in [1.54, 1.807) is 24.5 Å². The zero-order valence-electron chi connectivity index (χ0n) is 14.7. The number of ether oxygens (including phenoxy) is 2. The van der Waals surface area contributed by atoms with Gasteiger partial charge in [-0.25, -0.2) is 0 Å². The van der Waals surface area contributed by atoms with Crippen LogP contribution in [0.5, 0.6) is 0 Å². The first-order valence-corrected chi connectivity index (χ1v) is 9.49. The molecule has 6 nitrogen and oxygen atoms in total. The number of pyridine rings is 1. The van der Waals surface area contributed by atoms with E-state index >= 15 is 0 Å². The number of carbonyl (C=O) groups excluding carboxylic acids is 1. The highest BCUT2D eigenvalue weighted by molar-refractivity contribution is 5.94. The van der Waals surface area contributed by atoms with Crippen molar-refractivity contribution in [2.45, 2.75) is 43.9 Å². The number of fused-ring (bicyclic) bond motifs is 1. The first kappa shape index (κ1) is 16.9. The Morgan fingerprint density at radius 2 is 2.00 bits per heavy atom. The smallest absolute Gasteiger partial charge is 0.254 e. The minimum Gasteiger partial charge on any atom is -0.374 e. The molecule has 1 aromatic heterocycles. The summed E-state index contributed by atoms with van der Waals surface area (Å²) >= 11 is 0. The number of hydrogen-bond donors (Lipinski definition) is 0. The lowest BCUT2D eigenvalue weighted by atomic mass is 10.1. The normalized spacial score (nSPS) is 29.8. The Balaban J connectivity index is 1.34. The fourth-order valence-corrected chi connectivity index (χ4v) is 4.35. The first-order valence-electron chi connectivity index (χ1n) is 9.49. The maximum atomic E-state index is 12.8. The lowest BCUT2D eigenvalue weighted by Gasteiger charge is -2.39. The molecule has 1 aliphatic carbocycles. The maximum absolute atomic E-state index is 12.8. The van der Waals surface area contributed by atoms with E-state index in [9.17, 15) is 4.79 Å². The van der Waals surface area contributed by atoms with Crippen molar-refractivity contribution in [2.75, 3.05) is 39.4 Å². The van der Waals surface area contributed by atoms with Crippen LogP contribution in [-0.2, 0) is 9.47 Å². The lowest BCUT2D eigenvalue weighted by molar-refractivity contribution is -0.106. The second-order valence-corrected chi connectivity index (χ2v) is 7.17. The van der Waals surface area contributed by atoms with Crippen LogP contribution in [0.15, 0.2) is 24.5 Å². The van der Waals surface area contributed by atoms with Crippen LogP contribution >= 0.6 is 0 Å². The Kier molecular flexibility index (Phi) is 5.29. The third-order valence-electron chi connectivity index (χ3n) is 5.66. The van der Waals surface area contributed by atoms with Gasteiger partial charge >= 0.3 is 0 Å². The molecule has 6 heteroatoms. The van der Waals surface area contributed by atoms with Crippen LogP contribution in [0.4, 0.5) is 0 Å². The summed E-state index contributed by atoms with van der Waals surface area (Å²) in [6.45, 7) is 5.41. The molecule has 1 saturated carbocycles. The van der Waals surface area contributed by atoms with Gasteiger partial charge in [-0.3, -0.25) is 9.78 Å². The number of rotatable bonds is 5. The van der Waals surface area contributed by atoms with Crippen LogP contribution in [0.3, 0.4) is 0 Å². The number of aromatic nitrogens is 1. The number of amides is 1. The second kappa shape index (κ2) is 7.81. The molecule has 136 valence electrons. The minimum absolute atomic E-state index is 0.0121. The molecule has 2 aliphatic heterocycles. The minimum atomic E-state index is 0.0121. The molecule has 1 aromatic rings. The van der Waals surface area contributed by atoms with Crippen LogP contribution in [0.25, 0.3) is 0 Å². The highest BCUT2D eigenvalue weighted by Gasteiger charge is 2.45. The molecule has 0 spiro atoms. The zero-order valence-corrected chi connectivity index (χ0v) is 14.7. The molecule has 0 bridgehead atoms. The van der Waals surface area contributed by atoms with Gasteiger partial charge in [0.05, 0.1) is 25.4 Å². The van der Waals surface area contributed by atoms with Crippen LogP contribution in [0.2, 0.25) is 0 Å². The van der Waals surface area contributed by atoms with Gasteiger partial charge < -0.3 is 19.3 Å². The fourth-order valence-electron chi connectivity index (χ4n) is 4.35. The first-order chi connectivity index (χ1) is 12.3. The van der Waals surface area contributed by atoms with Gasteiger partial charge in [0.2, 0.25) is 0 Å². The predicted octanol–water partition coefficient (Wildman–Crippen LogP) is 1.57. The quantitative estimate of drug-likeness (QED) is 0.811. The summed E-state index contributed by atoms with van der Waals surface area (Å²) in [5.41, 5.74) is 0.703. The SMILES string of the molecule is O=C(c1ccncc1)N1CCO[C@@H]2[C@@H](OCCN3CCCC3)CC[C@H]21. The summed E-state index contributed by atoms with van der Waals surface area (Å²) in [5.74, 6) is 0.0819. The van der Waals surface area contributed by atoms with Crippen LogP contribution in [0.1, 0.15) is 36.0 Å². The van der Waals surface area contributed by atoms with Gasteiger partial charge in [-0.05, 0) is 50.9 Å². The van der Waals surface area contributed by atoms with Crippen LogP contribution in [-0.4, -0.2) is 78.3 Å². The van der Waals surface area contributed by atoms with Crippen molar-refractivity contribution in [3.63, 3.8) is 0 Å². The van der Waals surface area contributed by atoms with Gasteiger partial charge in [-0.2, -0.15) is 0 Å². The van der Waals surface area contributed by atoms with Crippen LogP contribution < -0.4 is 0 Å². The van der Waals surface area contributed by atoms with E-state index in [1.165, 1.54) is 25.9 Å². The average Bonchev–Trinajstić information content (AvgIpc) is 3.32. The third-order valence-corrected chi connectivity index (χ3v) is 5.66. The summed E-state index contributed by atoms with van der Waals surface area (Å²) in [7, 11) is 0. The van der Waals surface area contributed by atoms with Gasteiger partial charge in [-0.15, -0.1) is 0 Å². The molecule has 3 aliphatic rings. The molecular weight excluding hydrogens is 318 g/mol. The number of carbonyl (C=O) groups is 1. The van der Waals surface area contributed by atoms with E-state index in [1.807, 2.05) is 4.90 Å². The molecule has 2 saturated heterocycles. The van der Waals surface area contributed by atoms with Crippen LogP contribution in [0, 0.1) is 0 Å². The lowest BCUT2D eigenvalue weighted by Crippen LogP contribution is -2.54. The van der Waals surface area contributed by atoms with Crippen molar-refractivity contribution in [2.24, 2.45) is 0 Å². The zero-order chi connectivity index (χ0) is 17.1. The van der Waals surface area contributed by atoms with Gasteiger partial charge in [0, 0.05) is 31.0 Å². The monoisotopic (exact) mass is 345 g/mol. The Morgan fingerprint density at radius 1 is 1.20 bits per heavy atom. The van der Waals surface area contributed by atoms with E-state index in [2.05, 4.69) is 9.88 Å². The van der Waals surface area contributed by atoms with Gasteiger partial charge in [0.25, 0.3) is 5.91 Å². The standard InChI is InChI=1S/C19H27N3O3/c23-19(15-5-7-20-8-6-15)22-12-14-25-18-16(22)3-4-17(18)24-13-11-21-9-1-2-10-21/h5-8,16-18H,1-4,9-14H2/t16-,17+,18+/m1/s1. The molecule has 0 N–H and O–H groups in total. The van der Waals surface area contributed by atoms with Crippen molar-refractivity contribution in [1.29, 1.82) is 0 Å². The highest BCUT2D eigenvalue weighted by atomic mass is 16.5. The predicted molar refractivity (Wildman–Crippen MR) is 93.4 cm³/mol. The largest absolute Gasteiger partial charge is 0.374 e. The number of nitrogens with zero attached hydrogens (tertiary/aromatic N) is 3. The summed E-state index contributed by atoms with van der Waals surface area (Å²) < 4.78 is 12.2. The number of hydrogen-bond acceptors (Lipinski definition) is 5. The van der Waals surface area contributed by atoms with Gasteiger partial charge in [-0.1, -0.05) is 0 Å². The van der Waals surface area contributed by atoms with E-state index in [0.717, 1.165) is 26.0 Å². The van der Waals surface area contributed by atoms with Crippen molar-refractivity contribution in [3.05, 3.63) is 30.1 Å². The Hall–Kier alpha value is -1.50. The van der Waals surface area contributed by atoms with Crippen molar-refractivity contribution < 1.29 is 14.3 Å². The molecule has 3 atom stereocenters.